The zero-order chi connectivity index (χ0) is 12.9. The molecule has 3 nitrogen and oxygen atoms in total. The van der Waals surface area contributed by atoms with Crippen LogP contribution in [0.2, 0.25) is 0 Å². The molecule has 0 spiro atoms. The zero-order valence-electron chi connectivity index (χ0n) is 9.78. The molecule has 3 rings (SSSR count). The Labute approximate surface area is 103 Å². The van der Waals surface area contributed by atoms with Gasteiger partial charge in [-0.25, -0.2) is 8.78 Å². The molecule has 0 amide bonds. The van der Waals surface area contributed by atoms with Gasteiger partial charge in [-0.3, -0.25) is 0 Å². The van der Waals surface area contributed by atoms with Crippen LogP contribution < -0.4 is 5.73 Å². The van der Waals surface area contributed by atoms with Crippen molar-refractivity contribution in [3.63, 3.8) is 0 Å². The molecule has 1 aliphatic carbocycles. The summed E-state index contributed by atoms with van der Waals surface area (Å²) >= 11 is 0. The van der Waals surface area contributed by atoms with Crippen molar-refractivity contribution >= 4 is 5.88 Å². The van der Waals surface area contributed by atoms with Crippen LogP contribution in [-0.2, 0) is 0 Å². The number of anilines is 1. The molecule has 18 heavy (non-hydrogen) atoms. The second kappa shape index (κ2) is 3.80. The number of aromatic nitrogens is 1. The van der Waals surface area contributed by atoms with Gasteiger partial charge >= 0.3 is 0 Å². The van der Waals surface area contributed by atoms with Crippen molar-refractivity contribution < 1.29 is 13.3 Å². The summed E-state index contributed by atoms with van der Waals surface area (Å²) in [5.41, 5.74) is 7.07. The molecule has 1 heterocycles. The molecule has 0 saturated heterocycles. The second-order valence-corrected chi connectivity index (χ2v) is 4.75. The van der Waals surface area contributed by atoms with Crippen LogP contribution in [0, 0.1) is 17.6 Å². The molecule has 2 atom stereocenters. The molecule has 5 heteroatoms. The number of halogens is 2. The zero-order valence-corrected chi connectivity index (χ0v) is 9.78. The molecular weight excluding hydrogens is 238 g/mol. The van der Waals surface area contributed by atoms with Crippen molar-refractivity contribution in [1.29, 1.82) is 0 Å². The summed E-state index contributed by atoms with van der Waals surface area (Å²) in [6, 6.07) is 3.40. The first-order chi connectivity index (χ1) is 8.58. The molecule has 0 aliphatic heterocycles. The van der Waals surface area contributed by atoms with E-state index in [1.54, 1.807) is 0 Å². The van der Waals surface area contributed by atoms with E-state index in [0.717, 1.165) is 12.5 Å². The summed E-state index contributed by atoms with van der Waals surface area (Å²) in [4.78, 5) is 0. The second-order valence-electron chi connectivity index (χ2n) is 4.75. The van der Waals surface area contributed by atoms with Crippen molar-refractivity contribution in [2.45, 2.75) is 19.3 Å². The molecule has 1 saturated carbocycles. The van der Waals surface area contributed by atoms with Gasteiger partial charge in [0, 0.05) is 17.5 Å². The number of nitrogen functional groups attached to an aromatic ring is 1. The van der Waals surface area contributed by atoms with Crippen molar-refractivity contribution in [3.05, 3.63) is 35.5 Å². The number of nitrogens with zero attached hydrogens (tertiary/aromatic N) is 1. The Kier molecular flexibility index (Phi) is 2.36. The first kappa shape index (κ1) is 11.2. The molecule has 2 N–H and O–H groups in total. The Morgan fingerprint density at radius 2 is 2.11 bits per heavy atom. The molecule has 1 aliphatic rings. The normalized spacial score (nSPS) is 22.2. The smallest absolute Gasteiger partial charge is 0.230 e. The maximum Gasteiger partial charge on any atom is 0.230 e. The predicted octanol–water partition coefficient (Wildman–Crippen LogP) is 3.33. The van der Waals surface area contributed by atoms with E-state index in [1.165, 1.54) is 12.1 Å². The third-order valence-corrected chi connectivity index (χ3v) is 3.41. The van der Waals surface area contributed by atoms with Crippen LogP contribution >= 0.6 is 0 Å². The standard InChI is InChI=1S/C13H12F2N2O/c1-6-4-9(6)12-11(13(16)18-17-12)8-3-2-7(14)5-10(8)15/h2-3,5-6,9H,4,16H2,1H3. The Morgan fingerprint density at radius 1 is 1.39 bits per heavy atom. The maximum atomic E-state index is 13.8. The Balaban J connectivity index is 2.13. The van der Waals surface area contributed by atoms with E-state index in [9.17, 15) is 8.78 Å². The highest BCUT2D eigenvalue weighted by molar-refractivity contribution is 5.76. The van der Waals surface area contributed by atoms with E-state index in [-0.39, 0.29) is 17.4 Å². The lowest BCUT2D eigenvalue weighted by molar-refractivity contribution is 0.427. The Hall–Kier alpha value is -1.91. The average molecular weight is 250 g/mol. The summed E-state index contributed by atoms with van der Waals surface area (Å²) in [7, 11) is 0. The fourth-order valence-electron chi connectivity index (χ4n) is 2.23. The van der Waals surface area contributed by atoms with Gasteiger partial charge in [-0.2, -0.15) is 0 Å². The molecule has 2 aromatic rings. The lowest BCUT2D eigenvalue weighted by Crippen LogP contribution is -1.93. The quantitative estimate of drug-likeness (QED) is 0.889. The topological polar surface area (TPSA) is 52.0 Å². The van der Waals surface area contributed by atoms with Gasteiger partial charge in [0.25, 0.3) is 0 Å². The van der Waals surface area contributed by atoms with Crippen molar-refractivity contribution in [3.8, 4) is 11.1 Å². The van der Waals surface area contributed by atoms with Gasteiger partial charge in [0.15, 0.2) is 0 Å². The fourth-order valence-corrected chi connectivity index (χ4v) is 2.23. The largest absolute Gasteiger partial charge is 0.367 e. The van der Waals surface area contributed by atoms with Gasteiger partial charge < -0.3 is 10.3 Å². The molecule has 1 fully saturated rings. The summed E-state index contributed by atoms with van der Waals surface area (Å²) in [6.45, 7) is 2.08. The third-order valence-electron chi connectivity index (χ3n) is 3.41. The first-order valence-corrected chi connectivity index (χ1v) is 5.78. The molecule has 0 bridgehead atoms. The third kappa shape index (κ3) is 1.66. The van der Waals surface area contributed by atoms with Crippen LogP contribution in [0.3, 0.4) is 0 Å². The van der Waals surface area contributed by atoms with Gasteiger partial charge in [0.05, 0.1) is 11.3 Å². The van der Waals surface area contributed by atoms with E-state index in [2.05, 4.69) is 12.1 Å². The van der Waals surface area contributed by atoms with Crippen LogP contribution in [0.5, 0.6) is 0 Å². The van der Waals surface area contributed by atoms with Gasteiger partial charge in [-0.15, -0.1) is 0 Å². The van der Waals surface area contributed by atoms with Gasteiger partial charge in [-0.05, 0) is 24.5 Å². The number of hydrogen-bond acceptors (Lipinski definition) is 3. The van der Waals surface area contributed by atoms with Crippen molar-refractivity contribution in [2.75, 3.05) is 5.73 Å². The van der Waals surface area contributed by atoms with E-state index < -0.39 is 11.6 Å². The minimum Gasteiger partial charge on any atom is -0.367 e. The predicted molar refractivity (Wildman–Crippen MR) is 62.8 cm³/mol. The average Bonchev–Trinajstić information content (AvgIpc) is 2.91. The lowest BCUT2D eigenvalue weighted by atomic mass is 10.0. The van der Waals surface area contributed by atoms with Gasteiger partial charge in [0.2, 0.25) is 5.88 Å². The Bertz CT molecular complexity index is 609. The van der Waals surface area contributed by atoms with Gasteiger partial charge in [0.1, 0.15) is 11.6 Å². The molecule has 94 valence electrons. The van der Waals surface area contributed by atoms with E-state index in [1.807, 2.05) is 0 Å². The van der Waals surface area contributed by atoms with E-state index in [4.69, 9.17) is 10.3 Å². The number of benzene rings is 1. The summed E-state index contributed by atoms with van der Waals surface area (Å²) in [5, 5.41) is 3.91. The van der Waals surface area contributed by atoms with Crippen molar-refractivity contribution in [2.24, 2.45) is 5.92 Å². The first-order valence-electron chi connectivity index (χ1n) is 5.78. The van der Waals surface area contributed by atoms with E-state index >= 15 is 0 Å². The Morgan fingerprint density at radius 3 is 2.72 bits per heavy atom. The van der Waals surface area contributed by atoms with Crippen molar-refractivity contribution in [1.82, 2.24) is 5.16 Å². The van der Waals surface area contributed by atoms with Crippen LogP contribution in [0.4, 0.5) is 14.7 Å². The maximum absolute atomic E-state index is 13.8. The molecule has 1 aromatic carbocycles. The molecule has 0 radical (unpaired) electrons. The highest BCUT2D eigenvalue weighted by atomic mass is 19.1. The molecule has 2 unspecified atom stereocenters. The number of nitrogens with two attached hydrogens (primary N) is 1. The number of rotatable bonds is 2. The summed E-state index contributed by atoms with van der Waals surface area (Å²) in [5.74, 6) is -0.441. The number of hydrogen-bond donors (Lipinski definition) is 1. The minimum absolute atomic E-state index is 0.0783. The lowest BCUT2D eigenvalue weighted by Gasteiger charge is -2.03. The van der Waals surface area contributed by atoms with Gasteiger partial charge in [-0.1, -0.05) is 12.1 Å². The fraction of sp³-hybridized carbons (Fsp3) is 0.308. The summed E-state index contributed by atoms with van der Waals surface area (Å²) in [6.07, 6.45) is 0.988. The highest BCUT2D eigenvalue weighted by Gasteiger charge is 2.39. The monoisotopic (exact) mass is 250 g/mol. The van der Waals surface area contributed by atoms with Crippen LogP contribution in [0.25, 0.3) is 11.1 Å². The SMILES string of the molecule is CC1CC1c1noc(N)c1-c1ccc(F)cc1F. The molecular formula is C13H12F2N2O. The van der Waals surface area contributed by atoms with Crippen LogP contribution in [0.1, 0.15) is 25.0 Å². The minimum atomic E-state index is -0.653. The molecule has 1 aromatic heterocycles. The van der Waals surface area contributed by atoms with Crippen LogP contribution in [-0.4, -0.2) is 5.16 Å². The highest BCUT2D eigenvalue weighted by Crippen LogP contribution is 2.50. The van der Waals surface area contributed by atoms with Crippen LogP contribution in [0.15, 0.2) is 22.7 Å². The summed E-state index contributed by atoms with van der Waals surface area (Å²) < 4.78 is 31.7. The van der Waals surface area contributed by atoms with E-state index in [0.29, 0.717) is 17.2 Å².